The molecule has 0 saturated heterocycles. The number of thiol groups is 1. The summed E-state index contributed by atoms with van der Waals surface area (Å²) < 4.78 is 5.27. The molecule has 2 heteroatoms. The Balaban J connectivity index is 2.55. The van der Waals surface area contributed by atoms with E-state index in [4.69, 9.17) is 4.74 Å². The van der Waals surface area contributed by atoms with Gasteiger partial charge in [-0.25, -0.2) is 0 Å². The van der Waals surface area contributed by atoms with E-state index in [1.54, 1.807) is 0 Å². The average molecular weight is 130 g/mol. The van der Waals surface area contributed by atoms with Gasteiger partial charge >= 0.3 is 0 Å². The summed E-state index contributed by atoms with van der Waals surface area (Å²) in [6.07, 6.45) is 2.97. The largest absolute Gasteiger partial charge is 0.482 e. The number of hydrogen-bond acceptors (Lipinski definition) is 2. The smallest absolute Gasteiger partial charge is 0.152 e. The Hall–Kier alpha value is -0.110. The van der Waals surface area contributed by atoms with Gasteiger partial charge in [-0.3, -0.25) is 0 Å². The van der Waals surface area contributed by atoms with Gasteiger partial charge in [-0.05, 0) is 19.9 Å². The second-order valence-electron chi connectivity index (χ2n) is 2.30. The van der Waals surface area contributed by atoms with Crippen molar-refractivity contribution in [3.8, 4) is 0 Å². The molecule has 1 unspecified atom stereocenters. The van der Waals surface area contributed by atoms with E-state index < -0.39 is 0 Å². The van der Waals surface area contributed by atoms with Crippen LogP contribution >= 0.6 is 12.6 Å². The van der Waals surface area contributed by atoms with Crippen LogP contribution in [0.2, 0.25) is 0 Å². The molecule has 0 fully saturated rings. The fraction of sp³-hybridized carbons (Fsp3) is 0.667. The van der Waals surface area contributed by atoms with Crippen LogP contribution in [0.25, 0.3) is 0 Å². The van der Waals surface area contributed by atoms with Gasteiger partial charge in [0.15, 0.2) is 4.93 Å². The van der Waals surface area contributed by atoms with Crippen molar-refractivity contribution in [2.45, 2.75) is 25.2 Å². The van der Waals surface area contributed by atoms with Crippen molar-refractivity contribution < 1.29 is 4.74 Å². The molecule has 0 aromatic heterocycles. The topological polar surface area (TPSA) is 9.23 Å². The average Bonchev–Trinajstić information content (AvgIpc) is 1.82. The second kappa shape index (κ2) is 1.69. The summed E-state index contributed by atoms with van der Waals surface area (Å²) in [5, 5.41) is 0. The number of ether oxygens (including phenoxy) is 1. The third kappa shape index (κ3) is 1.19. The van der Waals surface area contributed by atoms with Crippen LogP contribution in [0, 0.1) is 0 Å². The molecule has 1 rings (SSSR count). The Morgan fingerprint density at radius 3 is 2.62 bits per heavy atom. The van der Waals surface area contributed by atoms with E-state index in [1.807, 2.05) is 19.9 Å². The minimum Gasteiger partial charge on any atom is -0.482 e. The lowest BCUT2D eigenvalue weighted by atomic mass is 10.3. The molecule has 0 aliphatic carbocycles. The van der Waals surface area contributed by atoms with Crippen molar-refractivity contribution in [3.63, 3.8) is 0 Å². The van der Waals surface area contributed by atoms with Crippen LogP contribution in [-0.4, -0.2) is 4.93 Å². The van der Waals surface area contributed by atoms with Gasteiger partial charge in [0.05, 0.1) is 5.76 Å². The molecule has 0 radical (unpaired) electrons. The standard InChI is InChI=1S/C6H10OS/c1-5-3-4-6(2,8)7-5/h3,8H,4H2,1-2H3. The molecule has 1 aliphatic heterocycles. The van der Waals surface area contributed by atoms with Gasteiger partial charge in [0.1, 0.15) is 0 Å². The molecule has 46 valence electrons. The number of hydrogen-bond donors (Lipinski definition) is 1. The summed E-state index contributed by atoms with van der Waals surface area (Å²) in [6.45, 7) is 3.91. The van der Waals surface area contributed by atoms with Crippen LogP contribution in [0.3, 0.4) is 0 Å². The first kappa shape index (κ1) is 6.02. The van der Waals surface area contributed by atoms with E-state index in [1.165, 1.54) is 0 Å². The highest BCUT2D eigenvalue weighted by Gasteiger charge is 2.24. The molecule has 0 aromatic rings. The first-order valence-electron chi connectivity index (χ1n) is 2.68. The molecular weight excluding hydrogens is 120 g/mol. The third-order valence-corrected chi connectivity index (χ3v) is 1.42. The zero-order valence-corrected chi connectivity index (χ0v) is 6.03. The fourth-order valence-corrected chi connectivity index (χ4v) is 0.999. The molecule has 1 nitrogen and oxygen atoms in total. The van der Waals surface area contributed by atoms with E-state index in [0.29, 0.717) is 0 Å². The highest BCUT2D eigenvalue weighted by molar-refractivity contribution is 7.81. The monoisotopic (exact) mass is 130 g/mol. The van der Waals surface area contributed by atoms with Gasteiger partial charge < -0.3 is 4.74 Å². The minimum atomic E-state index is -0.232. The van der Waals surface area contributed by atoms with Crippen molar-refractivity contribution in [1.82, 2.24) is 0 Å². The molecule has 1 heterocycles. The van der Waals surface area contributed by atoms with Crippen molar-refractivity contribution in [2.75, 3.05) is 0 Å². The molecule has 0 amide bonds. The summed E-state index contributed by atoms with van der Waals surface area (Å²) >= 11 is 4.23. The van der Waals surface area contributed by atoms with Crippen LogP contribution in [0.1, 0.15) is 20.3 Å². The predicted molar refractivity (Wildman–Crippen MR) is 36.9 cm³/mol. The molecule has 0 saturated carbocycles. The van der Waals surface area contributed by atoms with Gasteiger partial charge in [-0.15, -0.1) is 12.6 Å². The Bertz CT molecular complexity index is 126. The lowest BCUT2D eigenvalue weighted by Crippen LogP contribution is -2.13. The second-order valence-corrected chi connectivity index (χ2v) is 3.24. The summed E-state index contributed by atoms with van der Waals surface area (Å²) in [5.74, 6) is 0.988. The molecule has 8 heavy (non-hydrogen) atoms. The van der Waals surface area contributed by atoms with Crippen LogP contribution < -0.4 is 0 Å². The summed E-state index contributed by atoms with van der Waals surface area (Å²) in [7, 11) is 0. The fourth-order valence-electron chi connectivity index (χ4n) is 0.763. The van der Waals surface area contributed by atoms with E-state index in [2.05, 4.69) is 12.6 Å². The van der Waals surface area contributed by atoms with E-state index in [9.17, 15) is 0 Å². The molecule has 1 atom stereocenters. The molecule has 0 N–H and O–H groups in total. The quantitative estimate of drug-likeness (QED) is 0.493. The SMILES string of the molecule is CC1=CCC(C)(S)O1. The Morgan fingerprint density at radius 1 is 1.88 bits per heavy atom. The van der Waals surface area contributed by atoms with Crippen molar-refractivity contribution in [2.24, 2.45) is 0 Å². The lowest BCUT2D eigenvalue weighted by molar-refractivity contribution is 0.132. The zero-order valence-electron chi connectivity index (χ0n) is 5.14. The molecule has 0 bridgehead atoms. The highest BCUT2D eigenvalue weighted by Crippen LogP contribution is 2.30. The van der Waals surface area contributed by atoms with Crippen LogP contribution in [0.5, 0.6) is 0 Å². The molecule has 1 aliphatic rings. The maximum absolute atomic E-state index is 5.27. The van der Waals surface area contributed by atoms with Crippen LogP contribution in [0.4, 0.5) is 0 Å². The van der Waals surface area contributed by atoms with Gasteiger partial charge in [-0.2, -0.15) is 0 Å². The predicted octanol–water partition coefficient (Wildman–Crippen LogP) is 1.96. The number of rotatable bonds is 0. The minimum absolute atomic E-state index is 0.232. The van der Waals surface area contributed by atoms with E-state index in [0.717, 1.165) is 12.2 Å². The molecule has 0 spiro atoms. The maximum atomic E-state index is 5.27. The molecular formula is C6H10OS. The maximum Gasteiger partial charge on any atom is 0.152 e. The summed E-state index contributed by atoms with van der Waals surface area (Å²) in [6, 6.07) is 0. The zero-order chi connectivity index (χ0) is 6.20. The van der Waals surface area contributed by atoms with Crippen molar-refractivity contribution in [1.29, 1.82) is 0 Å². The van der Waals surface area contributed by atoms with Crippen LogP contribution in [0.15, 0.2) is 11.8 Å². The Kier molecular flexibility index (Phi) is 1.27. The third-order valence-electron chi connectivity index (χ3n) is 1.15. The first-order chi connectivity index (χ1) is 3.60. The van der Waals surface area contributed by atoms with Crippen LogP contribution in [-0.2, 0) is 4.74 Å². The normalized spacial score (nSPS) is 36.6. The van der Waals surface area contributed by atoms with Gasteiger partial charge in [0.25, 0.3) is 0 Å². The summed E-state index contributed by atoms with van der Waals surface area (Å²) in [4.78, 5) is -0.232. The Labute approximate surface area is 55.1 Å². The Morgan fingerprint density at radius 2 is 2.50 bits per heavy atom. The highest BCUT2D eigenvalue weighted by atomic mass is 32.1. The van der Waals surface area contributed by atoms with Gasteiger partial charge in [0.2, 0.25) is 0 Å². The number of allylic oxidation sites excluding steroid dienone is 1. The first-order valence-corrected chi connectivity index (χ1v) is 3.13. The van der Waals surface area contributed by atoms with Gasteiger partial charge in [-0.1, -0.05) is 0 Å². The lowest BCUT2D eigenvalue weighted by Gasteiger charge is -2.16. The summed E-state index contributed by atoms with van der Waals surface area (Å²) in [5.41, 5.74) is 0. The van der Waals surface area contributed by atoms with Crippen molar-refractivity contribution >= 4 is 12.6 Å². The van der Waals surface area contributed by atoms with Gasteiger partial charge in [0, 0.05) is 6.42 Å². The molecule has 0 aromatic carbocycles. The van der Waals surface area contributed by atoms with E-state index in [-0.39, 0.29) is 4.93 Å². The van der Waals surface area contributed by atoms with E-state index >= 15 is 0 Å². The van der Waals surface area contributed by atoms with Crippen molar-refractivity contribution in [3.05, 3.63) is 11.8 Å².